The predicted octanol–water partition coefficient (Wildman–Crippen LogP) is 3.60. The Morgan fingerprint density at radius 2 is 2.10 bits per heavy atom. The van der Waals surface area contributed by atoms with Gasteiger partial charge in [0.2, 0.25) is 5.91 Å². The molecule has 0 aliphatic heterocycles. The molecule has 1 N–H and O–H groups in total. The Labute approximate surface area is 127 Å². The summed E-state index contributed by atoms with van der Waals surface area (Å²) >= 11 is 1.24. The van der Waals surface area contributed by atoms with Crippen LogP contribution in [0.1, 0.15) is 39.0 Å². The molecule has 0 bridgehead atoms. The van der Waals surface area contributed by atoms with Crippen molar-refractivity contribution in [2.24, 2.45) is 5.92 Å². The van der Waals surface area contributed by atoms with E-state index in [0.717, 1.165) is 41.6 Å². The first-order valence-electron chi connectivity index (χ1n) is 7.63. The van der Waals surface area contributed by atoms with Crippen molar-refractivity contribution in [1.29, 1.82) is 0 Å². The largest absolute Gasteiger partial charge is 0.326 e. The van der Waals surface area contributed by atoms with Crippen molar-refractivity contribution in [2.75, 3.05) is 5.32 Å². The number of amides is 1. The number of fused-ring (bicyclic) bond motifs is 1. The number of rotatable bonds is 3. The molecule has 0 atom stereocenters. The van der Waals surface area contributed by atoms with Crippen LogP contribution in [0.5, 0.6) is 0 Å². The second-order valence-electron chi connectivity index (χ2n) is 5.62. The molecule has 1 saturated carbocycles. The van der Waals surface area contributed by atoms with Gasteiger partial charge in [-0.2, -0.15) is 0 Å². The number of thiazole rings is 1. The Kier molecular flexibility index (Phi) is 4.10. The minimum absolute atomic E-state index is 0.0586. The SMILES string of the molecule is CCn1c(=O)sc2cc(NC(=O)C3CCCCC3)ccc21. The van der Waals surface area contributed by atoms with E-state index in [-0.39, 0.29) is 16.7 Å². The standard InChI is InChI=1S/C16H20N2O2S/c1-2-18-13-9-8-12(10-14(13)21-16(18)20)17-15(19)11-6-4-3-5-7-11/h8-11H,2-7H2,1H3,(H,17,19). The van der Waals surface area contributed by atoms with Gasteiger partial charge in [0, 0.05) is 18.2 Å². The zero-order chi connectivity index (χ0) is 14.8. The summed E-state index contributed by atoms with van der Waals surface area (Å²) in [4.78, 5) is 24.2. The molecule has 5 heteroatoms. The van der Waals surface area contributed by atoms with E-state index in [1.807, 2.05) is 25.1 Å². The molecule has 3 rings (SSSR count). The molecule has 0 spiro atoms. The molecule has 112 valence electrons. The van der Waals surface area contributed by atoms with Crippen LogP contribution >= 0.6 is 11.3 Å². The highest BCUT2D eigenvalue weighted by Gasteiger charge is 2.21. The first-order valence-corrected chi connectivity index (χ1v) is 8.45. The fourth-order valence-corrected chi connectivity index (χ4v) is 4.05. The molecule has 1 amide bonds. The molecular formula is C16H20N2O2S. The summed E-state index contributed by atoms with van der Waals surface area (Å²) in [6.45, 7) is 2.64. The summed E-state index contributed by atoms with van der Waals surface area (Å²) in [6.07, 6.45) is 5.53. The molecule has 0 unspecified atom stereocenters. The van der Waals surface area contributed by atoms with E-state index in [1.165, 1.54) is 17.8 Å². The Bertz CT molecular complexity index is 711. The van der Waals surface area contributed by atoms with Gasteiger partial charge < -0.3 is 5.32 Å². The third-order valence-electron chi connectivity index (χ3n) is 4.23. The van der Waals surface area contributed by atoms with Crippen molar-refractivity contribution in [3.8, 4) is 0 Å². The van der Waals surface area contributed by atoms with Gasteiger partial charge in [0.25, 0.3) is 0 Å². The highest BCUT2D eigenvalue weighted by molar-refractivity contribution is 7.16. The van der Waals surface area contributed by atoms with Gasteiger partial charge >= 0.3 is 4.87 Å². The molecule has 1 aromatic heterocycles. The van der Waals surface area contributed by atoms with E-state index >= 15 is 0 Å². The van der Waals surface area contributed by atoms with Crippen molar-refractivity contribution < 1.29 is 4.79 Å². The number of aromatic nitrogens is 1. The summed E-state index contributed by atoms with van der Waals surface area (Å²) in [5, 5.41) is 3.01. The highest BCUT2D eigenvalue weighted by Crippen LogP contribution is 2.26. The van der Waals surface area contributed by atoms with Gasteiger partial charge in [0.05, 0.1) is 10.2 Å². The quantitative estimate of drug-likeness (QED) is 0.942. The van der Waals surface area contributed by atoms with Crippen LogP contribution < -0.4 is 10.2 Å². The molecule has 1 aliphatic rings. The fourth-order valence-electron chi connectivity index (χ4n) is 3.05. The van der Waals surface area contributed by atoms with Crippen molar-refractivity contribution in [1.82, 2.24) is 4.57 Å². The lowest BCUT2D eigenvalue weighted by Gasteiger charge is -2.20. The lowest BCUT2D eigenvalue weighted by molar-refractivity contribution is -0.120. The Hall–Kier alpha value is -1.62. The van der Waals surface area contributed by atoms with Crippen molar-refractivity contribution in [3.05, 3.63) is 27.9 Å². The summed E-state index contributed by atoms with van der Waals surface area (Å²) in [6, 6.07) is 5.73. The van der Waals surface area contributed by atoms with Gasteiger partial charge in [0.15, 0.2) is 0 Å². The number of anilines is 1. The normalized spacial score (nSPS) is 16.2. The zero-order valence-corrected chi connectivity index (χ0v) is 13.0. The number of hydrogen-bond donors (Lipinski definition) is 1. The molecule has 0 radical (unpaired) electrons. The lowest BCUT2D eigenvalue weighted by atomic mass is 9.88. The highest BCUT2D eigenvalue weighted by atomic mass is 32.1. The lowest BCUT2D eigenvalue weighted by Crippen LogP contribution is -2.24. The van der Waals surface area contributed by atoms with Crippen LogP contribution in [-0.2, 0) is 11.3 Å². The number of hydrogen-bond acceptors (Lipinski definition) is 3. The second-order valence-corrected chi connectivity index (χ2v) is 6.61. The predicted molar refractivity (Wildman–Crippen MR) is 87.0 cm³/mol. The average Bonchev–Trinajstić information content (AvgIpc) is 2.82. The number of benzene rings is 1. The van der Waals surface area contributed by atoms with Crippen LogP contribution in [0.2, 0.25) is 0 Å². The van der Waals surface area contributed by atoms with E-state index in [0.29, 0.717) is 6.54 Å². The maximum Gasteiger partial charge on any atom is 0.308 e. The van der Waals surface area contributed by atoms with Gasteiger partial charge in [-0.05, 0) is 38.0 Å². The second kappa shape index (κ2) is 6.02. The monoisotopic (exact) mass is 304 g/mol. The van der Waals surface area contributed by atoms with Crippen LogP contribution in [-0.4, -0.2) is 10.5 Å². The first kappa shape index (κ1) is 14.3. The van der Waals surface area contributed by atoms with E-state index in [4.69, 9.17) is 0 Å². The summed E-state index contributed by atoms with van der Waals surface area (Å²) in [5.74, 6) is 0.268. The molecule has 0 saturated heterocycles. The van der Waals surface area contributed by atoms with Gasteiger partial charge in [-0.1, -0.05) is 30.6 Å². The maximum absolute atomic E-state index is 12.3. The molecule has 2 aromatic rings. The van der Waals surface area contributed by atoms with E-state index in [1.54, 1.807) is 4.57 Å². The van der Waals surface area contributed by atoms with Crippen LogP contribution in [0, 0.1) is 5.92 Å². The molecule has 4 nitrogen and oxygen atoms in total. The summed E-state index contributed by atoms with van der Waals surface area (Å²) in [7, 11) is 0. The van der Waals surface area contributed by atoms with Gasteiger partial charge in [-0.15, -0.1) is 0 Å². The molecule has 1 aliphatic carbocycles. The van der Waals surface area contributed by atoms with Gasteiger partial charge in [-0.25, -0.2) is 0 Å². The molecule has 1 fully saturated rings. The molecule has 1 heterocycles. The van der Waals surface area contributed by atoms with Crippen LogP contribution in [0.4, 0.5) is 5.69 Å². The number of carbonyl (C=O) groups excluding carboxylic acids is 1. The first-order chi connectivity index (χ1) is 10.2. The minimum Gasteiger partial charge on any atom is -0.326 e. The Balaban J connectivity index is 1.81. The van der Waals surface area contributed by atoms with Crippen LogP contribution in [0.25, 0.3) is 10.2 Å². The van der Waals surface area contributed by atoms with E-state index in [2.05, 4.69) is 5.32 Å². The van der Waals surface area contributed by atoms with Crippen molar-refractivity contribution in [3.63, 3.8) is 0 Å². The van der Waals surface area contributed by atoms with Crippen LogP contribution in [0.3, 0.4) is 0 Å². The third kappa shape index (κ3) is 2.88. The third-order valence-corrected chi connectivity index (χ3v) is 5.17. The molecule has 1 aromatic carbocycles. The van der Waals surface area contributed by atoms with E-state index < -0.39 is 0 Å². The minimum atomic E-state index is 0.0586. The van der Waals surface area contributed by atoms with Gasteiger partial charge in [-0.3, -0.25) is 14.2 Å². The number of aryl methyl sites for hydroxylation is 1. The average molecular weight is 304 g/mol. The zero-order valence-electron chi connectivity index (χ0n) is 12.2. The number of carbonyl (C=O) groups is 1. The van der Waals surface area contributed by atoms with Gasteiger partial charge in [0.1, 0.15) is 0 Å². The van der Waals surface area contributed by atoms with Crippen molar-refractivity contribution in [2.45, 2.75) is 45.6 Å². The smallest absolute Gasteiger partial charge is 0.308 e. The summed E-state index contributed by atoms with van der Waals surface area (Å²) < 4.78 is 2.69. The fraction of sp³-hybridized carbons (Fsp3) is 0.500. The number of nitrogens with zero attached hydrogens (tertiary/aromatic N) is 1. The van der Waals surface area contributed by atoms with Crippen molar-refractivity contribution >= 4 is 33.1 Å². The van der Waals surface area contributed by atoms with Crippen LogP contribution in [0.15, 0.2) is 23.0 Å². The Morgan fingerprint density at radius 3 is 2.81 bits per heavy atom. The Morgan fingerprint density at radius 1 is 1.33 bits per heavy atom. The number of nitrogens with one attached hydrogen (secondary N) is 1. The molecular weight excluding hydrogens is 284 g/mol. The topological polar surface area (TPSA) is 51.1 Å². The molecule has 21 heavy (non-hydrogen) atoms. The van der Waals surface area contributed by atoms with E-state index in [9.17, 15) is 9.59 Å². The summed E-state index contributed by atoms with van der Waals surface area (Å²) in [5.41, 5.74) is 1.74. The maximum atomic E-state index is 12.3.